The van der Waals surface area contributed by atoms with Crippen molar-refractivity contribution in [1.29, 1.82) is 0 Å². The fraction of sp³-hybridized carbons (Fsp3) is 0.300. The summed E-state index contributed by atoms with van der Waals surface area (Å²) in [5.74, 6) is -0.0546. The Kier molecular flexibility index (Phi) is 5.80. The molecule has 1 atom stereocenters. The van der Waals surface area contributed by atoms with Crippen molar-refractivity contribution in [3.05, 3.63) is 81.8 Å². The van der Waals surface area contributed by atoms with E-state index in [1.54, 1.807) is 17.8 Å². The van der Waals surface area contributed by atoms with Gasteiger partial charge in [-0.15, -0.1) is 0 Å². The molecular weight excluding hydrogens is 342 g/mol. The van der Waals surface area contributed by atoms with Crippen molar-refractivity contribution in [3.63, 3.8) is 0 Å². The highest BCUT2D eigenvalue weighted by Gasteiger charge is 2.16. The van der Waals surface area contributed by atoms with Gasteiger partial charge in [0.1, 0.15) is 0 Å². The number of nitrogens with one attached hydrogen (secondary N) is 2. The highest BCUT2D eigenvalue weighted by Crippen LogP contribution is 2.16. The maximum Gasteiger partial charge on any atom is 0.345 e. The van der Waals surface area contributed by atoms with E-state index in [0.717, 1.165) is 16.8 Å². The Bertz CT molecular complexity index is 922. The standard InChI is InChI=1S/C20H23N5O2/c1-14-17(15(2)23-20(27)22-14)9-10-19(26)24-18(13-25-12-6-11-21-25)16-7-4-3-5-8-16/h3-8,11-12,18H,9-10,13H2,1-2H3,(H,24,26)(H,22,23,27)/t18-/m0/s1. The molecule has 0 bridgehead atoms. The molecule has 2 heterocycles. The van der Waals surface area contributed by atoms with Gasteiger partial charge in [-0.2, -0.15) is 10.1 Å². The number of carbonyl (C=O) groups excluding carboxylic acids is 1. The minimum absolute atomic E-state index is 0.0546. The molecule has 0 spiro atoms. The van der Waals surface area contributed by atoms with E-state index in [1.165, 1.54) is 0 Å². The van der Waals surface area contributed by atoms with Crippen LogP contribution in [0.3, 0.4) is 0 Å². The molecule has 2 N–H and O–H groups in total. The monoisotopic (exact) mass is 365 g/mol. The van der Waals surface area contributed by atoms with Crippen LogP contribution in [-0.2, 0) is 17.8 Å². The van der Waals surface area contributed by atoms with Gasteiger partial charge in [0, 0.05) is 30.2 Å². The Labute approximate surface area is 157 Å². The van der Waals surface area contributed by atoms with E-state index in [2.05, 4.69) is 20.4 Å². The lowest BCUT2D eigenvalue weighted by Crippen LogP contribution is -2.32. The molecule has 3 rings (SSSR count). The summed E-state index contributed by atoms with van der Waals surface area (Å²) >= 11 is 0. The van der Waals surface area contributed by atoms with Crippen LogP contribution in [0.4, 0.5) is 0 Å². The van der Waals surface area contributed by atoms with Crippen LogP contribution in [-0.4, -0.2) is 25.7 Å². The van der Waals surface area contributed by atoms with Crippen molar-refractivity contribution in [3.8, 4) is 0 Å². The molecule has 140 valence electrons. The van der Waals surface area contributed by atoms with Crippen molar-refractivity contribution in [2.45, 2.75) is 39.3 Å². The molecule has 27 heavy (non-hydrogen) atoms. The van der Waals surface area contributed by atoms with Crippen molar-refractivity contribution >= 4 is 5.91 Å². The number of aromatic nitrogens is 4. The molecule has 7 heteroatoms. The number of hydrogen-bond acceptors (Lipinski definition) is 4. The average molecular weight is 365 g/mol. The minimum atomic E-state index is -0.360. The van der Waals surface area contributed by atoms with Gasteiger partial charge in [-0.1, -0.05) is 30.3 Å². The zero-order valence-corrected chi connectivity index (χ0v) is 15.5. The van der Waals surface area contributed by atoms with Crippen LogP contribution in [0.15, 0.2) is 53.6 Å². The summed E-state index contributed by atoms with van der Waals surface area (Å²) < 4.78 is 1.80. The first-order valence-corrected chi connectivity index (χ1v) is 8.91. The summed E-state index contributed by atoms with van der Waals surface area (Å²) in [4.78, 5) is 30.6. The van der Waals surface area contributed by atoms with Crippen molar-refractivity contribution in [1.82, 2.24) is 25.1 Å². The number of amides is 1. The molecular formula is C20H23N5O2. The van der Waals surface area contributed by atoms with Crippen molar-refractivity contribution in [2.24, 2.45) is 0 Å². The third-order valence-electron chi connectivity index (χ3n) is 4.52. The van der Waals surface area contributed by atoms with Gasteiger partial charge in [-0.05, 0) is 37.5 Å². The second-order valence-electron chi connectivity index (χ2n) is 6.49. The molecule has 0 radical (unpaired) electrons. The first kappa shape index (κ1) is 18.6. The first-order chi connectivity index (χ1) is 13.0. The molecule has 0 unspecified atom stereocenters. The molecule has 1 amide bonds. The number of aromatic amines is 1. The van der Waals surface area contributed by atoms with E-state index in [1.807, 2.05) is 49.5 Å². The molecule has 0 aliphatic carbocycles. The van der Waals surface area contributed by atoms with Crippen LogP contribution >= 0.6 is 0 Å². The third-order valence-corrected chi connectivity index (χ3v) is 4.52. The Morgan fingerprint density at radius 3 is 2.67 bits per heavy atom. The minimum Gasteiger partial charge on any atom is -0.347 e. The molecule has 7 nitrogen and oxygen atoms in total. The number of hydrogen-bond donors (Lipinski definition) is 2. The Balaban J connectivity index is 1.68. The number of nitrogens with zero attached hydrogens (tertiary/aromatic N) is 3. The molecule has 0 aliphatic heterocycles. The smallest absolute Gasteiger partial charge is 0.345 e. The van der Waals surface area contributed by atoms with Crippen LogP contribution in [0.1, 0.15) is 35.0 Å². The van der Waals surface area contributed by atoms with E-state index in [4.69, 9.17) is 0 Å². The van der Waals surface area contributed by atoms with Crippen LogP contribution in [0, 0.1) is 13.8 Å². The van der Waals surface area contributed by atoms with Gasteiger partial charge in [0.05, 0.1) is 12.6 Å². The molecule has 2 aromatic heterocycles. The highest BCUT2D eigenvalue weighted by molar-refractivity contribution is 5.76. The van der Waals surface area contributed by atoms with E-state index in [-0.39, 0.29) is 17.6 Å². The largest absolute Gasteiger partial charge is 0.347 e. The normalized spacial score (nSPS) is 11.9. The van der Waals surface area contributed by atoms with Gasteiger partial charge >= 0.3 is 5.69 Å². The van der Waals surface area contributed by atoms with Gasteiger partial charge in [0.15, 0.2) is 0 Å². The highest BCUT2D eigenvalue weighted by atomic mass is 16.1. The van der Waals surface area contributed by atoms with Gasteiger partial charge in [-0.25, -0.2) is 4.79 Å². The van der Waals surface area contributed by atoms with Crippen molar-refractivity contribution < 1.29 is 4.79 Å². The average Bonchev–Trinajstić information content (AvgIpc) is 3.14. The summed E-state index contributed by atoms with van der Waals surface area (Å²) in [6.07, 6.45) is 4.44. The van der Waals surface area contributed by atoms with Crippen LogP contribution < -0.4 is 11.0 Å². The summed E-state index contributed by atoms with van der Waals surface area (Å²) in [6, 6.07) is 11.5. The van der Waals surface area contributed by atoms with E-state index >= 15 is 0 Å². The topological polar surface area (TPSA) is 92.7 Å². The van der Waals surface area contributed by atoms with Gasteiger partial charge in [0.2, 0.25) is 5.91 Å². The predicted octanol–water partition coefficient (Wildman–Crippen LogP) is 2.07. The molecule has 0 saturated carbocycles. The van der Waals surface area contributed by atoms with Gasteiger partial charge < -0.3 is 10.3 Å². The quantitative estimate of drug-likeness (QED) is 0.670. The first-order valence-electron chi connectivity index (χ1n) is 8.91. The SMILES string of the molecule is Cc1nc(=O)[nH]c(C)c1CCC(=O)N[C@@H](Cn1cccn1)c1ccccc1. The molecule has 0 saturated heterocycles. The fourth-order valence-corrected chi connectivity index (χ4v) is 3.14. The summed E-state index contributed by atoms with van der Waals surface area (Å²) in [5.41, 5.74) is 3.01. The second-order valence-corrected chi connectivity index (χ2v) is 6.49. The van der Waals surface area contributed by atoms with Gasteiger partial charge in [-0.3, -0.25) is 9.48 Å². The Hall–Kier alpha value is -3.22. The lowest BCUT2D eigenvalue weighted by atomic mass is 10.0. The number of carbonyl (C=O) groups is 1. The lowest BCUT2D eigenvalue weighted by Gasteiger charge is -2.19. The third kappa shape index (κ3) is 4.91. The summed E-state index contributed by atoms with van der Waals surface area (Å²) in [6.45, 7) is 4.18. The zero-order valence-electron chi connectivity index (χ0n) is 15.5. The molecule has 1 aromatic carbocycles. The second kappa shape index (κ2) is 8.44. The summed E-state index contributed by atoms with van der Waals surface area (Å²) in [7, 11) is 0. The maximum absolute atomic E-state index is 12.6. The van der Waals surface area contributed by atoms with Crippen molar-refractivity contribution in [2.75, 3.05) is 0 Å². The van der Waals surface area contributed by atoms with E-state index in [9.17, 15) is 9.59 Å². The number of rotatable bonds is 7. The molecule has 0 aliphatic rings. The van der Waals surface area contributed by atoms with E-state index < -0.39 is 0 Å². The lowest BCUT2D eigenvalue weighted by molar-refractivity contribution is -0.121. The zero-order chi connectivity index (χ0) is 19.2. The number of aryl methyl sites for hydroxylation is 2. The van der Waals surface area contributed by atoms with Crippen LogP contribution in [0.2, 0.25) is 0 Å². The summed E-state index contributed by atoms with van der Waals surface area (Å²) in [5, 5.41) is 7.34. The van der Waals surface area contributed by atoms with Gasteiger partial charge in [0.25, 0.3) is 0 Å². The Morgan fingerprint density at radius 1 is 1.22 bits per heavy atom. The predicted molar refractivity (Wildman–Crippen MR) is 102 cm³/mol. The van der Waals surface area contributed by atoms with E-state index in [0.29, 0.717) is 25.1 Å². The Morgan fingerprint density at radius 2 is 2.00 bits per heavy atom. The number of benzene rings is 1. The van der Waals surface area contributed by atoms with Crippen LogP contribution in [0.25, 0.3) is 0 Å². The molecule has 0 fully saturated rings. The number of H-pyrrole nitrogens is 1. The van der Waals surface area contributed by atoms with Crippen LogP contribution in [0.5, 0.6) is 0 Å². The fourth-order valence-electron chi connectivity index (χ4n) is 3.14. The maximum atomic E-state index is 12.6. The molecule has 3 aromatic rings.